The van der Waals surface area contributed by atoms with Gasteiger partial charge in [0.1, 0.15) is 0 Å². The smallest absolute Gasteiger partial charge is 0.191 e. The second-order valence-corrected chi connectivity index (χ2v) is 7.30. The van der Waals surface area contributed by atoms with Crippen LogP contribution in [-0.2, 0) is 0 Å². The van der Waals surface area contributed by atoms with Crippen molar-refractivity contribution >= 4 is 50.7 Å². The Labute approximate surface area is 169 Å². The Balaban J connectivity index is 1.99. The summed E-state index contributed by atoms with van der Waals surface area (Å²) in [5, 5.41) is 8.05. The molecule has 0 aliphatic rings. The lowest BCUT2D eigenvalue weighted by molar-refractivity contribution is 0.422. The van der Waals surface area contributed by atoms with Gasteiger partial charge in [0.2, 0.25) is 0 Å². The maximum Gasteiger partial charge on any atom is 0.191 e. The molecule has 0 aliphatic carbocycles. The molecule has 0 unspecified atom stereocenters. The van der Waals surface area contributed by atoms with Crippen molar-refractivity contribution in [1.29, 1.82) is 0 Å². The summed E-state index contributed by atoms with van der Waals surface area (Å²) < 4.78 is 1.02. The first-order valence-electron chi connectivity index (χ1n) is 8.30. The first-order valence-corrected chi connectivity index (χ1v) is 9.50. The number of hydrogen-bond donors (Lipinski definition) is 2. The van der Waals surface area contributed by atoms with Crippen LogP contribution in [-0.4, -0.2) is 36.4 Å². The predicted octanol–water partition coefficient (Wildman–Crippen LogP) is 4.76. The van der Waals surface area contributed by atoms with Gasteiger partial charge in [-0.2, -0.15) is 5.10 Å². The minimum absolute atomic E-state index is 0.461. The lowest BCUT2D eigenvalue weighted by atomic mass is 10.1. The van der Waals surface area contributed by atoms with Crippen molar-refractivity contribution < 1.29 is 0 Å². The first kappa shape index (κ1) is 20.3. The Hall–Kier alpha value is -2.02. The molecule has 0 saturated carbocycles. The average Bonchev–Trinajstić information content (AvgIpc) is 2.63. The van der Waals surface area contributed by atoms with E-state index in [0.717, 1.165) is 34.4 Å². The molecular formula is C20H23BrN4S. The molecule has 2 aromatic rings. The zero-order valence-corrected chi connectivity index (χ0v) is 17.3. The van der Waals surface area contributed by atoms with E-state index in [9.17, 15) is 0 Å². The summed E-state index contributed by atoms with van der Waals surface area (Å²) in [6, 6.07) is 18.0. The van der Waals surface area contributed by atoms with E-state index in [1.807, 2.05) is 62.6 Å². The molecule has 136 valence electrons. The van der Waals surface area contributed by atoms with Crippen LogP contribution in [0.3, 0.4) is 0 Å². The SMILES string of the molecule is CN(C)CC/C(C=Cc1ccccc1)=N\NC(=S)Nc1ccc(Br)cc1. The normalized spacial score (nSPS) is 11.8. The average molecular weight is 431 g/mol. The van der Waals surface area contributed by atoms with Crippen molar-refractivity contribution in [3.05, 3.63) is 70.7 Å². The quantitative estimate of drug-likeness (QED) is 0.377. The number of thiocarbonyl (C=S) groups is 1. The van der Waals surface area contributed by atoms with Gasteiger partial charge >= 0.3 is 0 Å². The highest BCUT2D eigenvalue weighted by Crippen LogP contribution is 2.13. The maximum atomic E-state index is 5.33. The Kier molecular flexibility index (Phi) is 8.47. The Morgan fingerprint density at radius 2 is 1.81 bits per heavy atom. The summed E-state index contributed by atoms with van der Waals surface area (Å²) in [7, 11) is 4.09. The molecule has 2 N–H and O–H groups in total. The standard InChI is InChI=1S/C20H23BrN4S/c1-25(2)15-14-19(11-8-16-6-4-3-5-7-16)23-24-20(26)22-18-12-9-17(21)10-13-18/h3-13H,14-15H2,1-2H3,(H2,22,24,26)/b11-8?,23-19-. The highest BCUT2D eigenvalue weighted by molar-refractivity contribution is 9.10. The van der Waals surface area contributed by atoms with Crippen LogP contribution in [0.25, 0.3) is 6.08 Å². The molecule has 4 nitrogen and oxygen atoms in total. The van der Waals surface area contributed by atoms with Gasteiger partial charge in [-0.3, -0.25) is 5.43 Å². The van der Waals surface area contributed by atoms with Crippen LogP contribution in [0.4, 0.5) is 5.69 Å². The summed E-state index contributed by atoms with van der Waals surface area (Å²) in [6.07, 6.45) is 4.90. The van der Waals surface area contributed by atoms with Crippen molar-refractivity contribution in [3.63, 3.8) is 0 Å². The fraction of sp³-hybridized carbons (Fsp3) is 0.200. The third-order valence-corrected chi connectivity index (χ3v) is 4.21. The molecule has 0 amide bonds. The van der Waals surface area contributed by atoms with Crippen molar-refractivity contribution in [1.82, 2.24) is 10.3 Å². The molecule has 0 aliphatic heterocycles. The molecule has 0 heterocycles. The molecule has 0 radical (unpaired) electrons. The van der Waals surface area contributed by atoms with Gasteiger partial charge in [-0.15, -0.1) is 0 Å². The number of benzene rings is 2. The zero-order chi connectivity index (χ0) is 18.8. The zero-order valence-electron chi connectivity index (χ0n) is 14.9. The maximum absolute atomic E-state index is 5.33. The van der Waals surface area contributed by atoms with Gasteiger partial charge in [-0.25, -0.2) is 0 Å². The largest absolute Gasteiger partial charge is 0.331 e. The van der Waals surface area contributed by atoms with Gasteiger partial charge < -0.3 is 10.2 Å². The molecule has 2 aromatic carbocycles. The van der Waals surface area contributed by atoms with E-state index in [0.29, 0.717) is 5.11 Å². The first-order chi connectivity index (χ1) is 12.5. The number of anilines is 1. The third-order valence-electron chi connectivity index (χ3n) is 3.49. The topological polar surface area (TPSA) is 39.7 Å². The van der Waals surface area contributed by atoms with Gasteiger partial charge in [0.15, 0.2) is 5.11 Å². The fourth-order valence-electron chi connectivity index (χ4n) is 2.09. The molecular weight excluding hydrogens is 408 g/mol. The molecule has 0 saturated heterocycles. The monoisotopic (exact) mass is 430 g/mol. The van der Waals surface area contributed by atoms with Crippen LogP contribution in [0, 0.1) is 0 Å². The van der Waals surface area contributed by atoms with Crippen LogP contribution >= 0.6 is 28.1 Å². The van der Waals surface area contributed by atoms with Crippen molar-refractivity contribution in [3.8, 4) is 0 Å². The molecule has 26 heavy (non-hydrogen) atoms. The van der Waals surface area contributed by atoms with Gasteiger partial charge in [0.25, 0.3) is 0 Å². The minimum atomic E-state index is 0.461. The Bertz CT molecular complexity index is 755. The van der Waals surface area contributed by atoms with Crippen molar-refractivity contribution in [2.75, 3.05) is 26.0 Å². The summed E-state index contributed by atoms with van der Waals surface area (Å²) >= 11 is 8.74. The number of allylic oxidation sites excluding steroid dienone is 1. The van der Waals surface area contributed by atoms with Gasteiger partial charge in [0, 0.05) is 23.1 Å². The summed E-state index contributed by atoms with van der Waals surface area (Å²) in [5.41, 5.74) is 5.92. The number of rotatable bonds is 7. The summed E-state index contributed by atoms with van der Waals surface area (Å²) in [5.74, 6) is 0. The highest BCUT2D eigenvalue weighted by atomic mass is 79.9. The predicted molar refractivity (Wildman–Crippen MR) is 120 cm³/mol. The molecule has 2 rings (SSSR count). The van der Waals surface area contributed by atoms with Gasteiger partial charge in [-0.1, -0.05) is 52.3 Å². The molecule has 0 bridgehead atoms. The van der Waals surface area contributed by atoms with E-state index in [1.165, 1.54) is 0 Å². The number of hydrazone groups is 1. The Morgan fingerprint density at radius 1 is 1.12 bits per heavy atom. The number of hydrogen-bond acceptors (Lipinski definition) is 3. The number of halogens is 1. The van der Waals surface area contributed by atoms with E-state index in [-0.39, 0.29) is 0 Å². The van der Waals surface area contributed by atoms with E-state index < -0.39 is 0 Å². The molecule has 0 fully saturated rings. The molecule has 0 aromatic heterocycles. The fourth-order valence-corrected chi connectivity index (χ4v) is 2.51. The van der Waals surface area contributed by atoms with Gasteiger partial charge in [0.05, 0.1) is 5.71 Å². The number of nitrogens with one attached hydrogen (secondary N) is 2. The summed E-state index contributed by atoms with van der Waals surface area (Å²) in [6.45, 7) is 0.909. The molecule has 0 spiro atoms. The molecule has 0 atom stereocenters. The van der Waals surface area contributed by atoms with Crippen molar-refractivity contribution in [2.45, 2.75) is 6.42 Å². The lowest BCUT2D eigenvalue weighted by Crippen LogP contribution is -2.25. The van der Waals surface area contributed by atoms with E-state index in [4.69, 9.17) is 12.2 Å². The van der Waals surface area contributed by atoms with Crippen LogP contribution in [0.2, 0.25) is 0 Å². The van der Waals surface area contributed by atoms with E-state index in [2.05, 4.69) is 54.9 Å². The molecule has 6 heteroatoms. The second kappa shape index (κ2) is 10.9. The third kappa shape index (κ3) is 7.91. The lowest BCUT2D eigenvalue weighted by Gasteiger charge is -2.11. The van der Waals surface area contributed by atoms with E-state index in [1.54, 1.807) is 0 Å². The summed E-state index contributed by atoms with van der Waals surface area (Å²) in [4.78, 5) is 2.13. The van der Waals surface area contributed by atoms with E-state index >= 15 is 0 Å². The van der Waals surface area contributed by atoms with Crippen LogP contribution in [0.15, 0.2) is 70.2 Å². The van der Waals surface area contributed by atoms with Gasteiger partial charge in [-0.05, 0) is 62.2 Å². The van der Waals surface area contributed by atoms with Crippen molar-refractivity contribution in [2.24, 2.45) is 5.10 Å². The second-order valence-electron chi connectivity index (χ2n) is 5.97. The Morgan fingerprint density at radius 3 is 2.46 bits per heavy atom. The van der Waals surface area contributed by atoms with Crippen LogP contribution in [0.1, 0.15) is 12.0 Å². The highest BCUT2D eigenvalue weighted by Gasteiger charge is 2.00. The minimum Gasteiger partial charge on any atom is -0.331 e. The van der Waals surface area contributed by atoms with Crippen LogP contribution in [0.5, 0.6) is 0 Å². The van der Waals surface area contributed by atoms with Crippen LogP contribution < -0.4 is 10.7 Å². The number of nitrogens with zero attached hydrogens (tertiary/aromatic N) is 2.